The van der Waals surface area contributed by atoms with Crippen molar-refractivity contribution < 1.29 is 14.3 Å². The van der Waals surface area contributed by atoms with Crippen molar-refractivity contribution in [3.05, 3.63) is 58.0 Å². The first-order valence-electron chi connectivity index (χ1n) is 5.86. The van der Waals surface area contributed by atoms with E-state index in [9.17, 15) is 4.79 Å². The van der Waals surface area contributed by atoms with Crippen LogP contribution in [0.1, 0.15) is 34.6 Å². The molecule has 0 saturated carbocycles. The van der Waals surface area contributed by atoms with Crippen LogP contribution >= 0.6 is 15.9 Å². The third-order valence-electron chi connectivity index (χ3n) is 2.83. The molecule has 1 heterocycles. The summed E-state index contributed by atoms with van der Waals surface area (Å²) in [5, 5.41) is 12.1. The normalized spacial score (nSPS) is 12.3. The van der Waals surface area contributed by atoms with E-state index >= 15 is 0 Å². The Morgan fingerprint density at radius 1 is 1.47 bits per heavy atom. The molecule has 0 saturated heterocycles. The van der Waals surface area contributed by atoms with Crippen LogP contribution in [-0.2, 0) is 6.54 Å². The summed E-state index contributed by atoms with van der Waals surface area (Å²) in [6.07, 6.45) is 1.25. The fraction of sp³-hybridized carbons (Fsp3) is 0.214. The van der Waals surface area contributed by atoms with Crippen LogP contribution in [0.5, 0.6) is 0 Å². The molecule has 1 aromatic heterocycles. The standard InChI is InChI=1S/C14H14BrNO3/c1-9(10-3-2-4-12(15)5-10)16-7-13-6-11(8-19-13)14(17)18/h2-6,8-9,16H,7H2,1H3,(H,17,18)/t9-/m1/s1. The molecule has 0 fully saturated rings. The summed E-state index contributed by atoms with van der Waals surface area (Å²) in [5.41, 5.74) is 1.33. The lowest BCUT2D eigenvalue weighted by Gasteiger charge is -2.13. The molecule has 1 atom stereocenters. The van der Waals surface area contributed by atoms with Gasteiger partial charge in [0.25, 0.3) is 0 Å². The van der Waals surface area contributed by atoms with Crippen molar-refractivity contribution in [2.45, 2.75) is 19.5 Å². The smallest absolute Gasteiger partial charge is 0.338 e. The number of carboxylic acid groups (broad SMARTS) is 1. The molecular formula is C14H14BrNO3. The summed E-state index contributed by atoms with van der Waals surface area (Å²) < 4.78 is 6.22. The minimum atomic E-state index is -0.977. The molecule has 0 aliphatic heterocycles. The van der Waals surface area contributed by atoms with Gasteiger partial charge in [-0.25, -0.2) is 4.79 Å². The zero-order valence-corrected chi connectivity index (χ0v) is 12.0. The van der Waals surface area contributed by atoms with Gasteiger partial charge in [0.15, 0.2) is 0 Å². The van der Waals surface area contributed by atoms with Gasteiger partial charge in [-0.05, 0) is 30.7 Å². The number of furan rings is 1. The van der Waals surface area contributed by atoms with Gasteiger partial charge in [0.05, 0.1) is 12.1 Å². The van der Waals surface area contributed by atoms with Crippen LogP contribution < -0.4 is 5.32 Å². The van der Waals surface area contributed by atoms with Gasteiger partial charge in [-0.15, -0.1) is 0 Å². The van der Waals surface area contributed by atoms with E-state index in [4.69, 9.17) is 9.52 Å². The fourth-order valence-electron chi connectivity index (χ4n) is 1.73. The van der Waals surface area contributed by atoms with Crippen molar-refractivity contribution in [3.8, 4) is 0 Å². The van der Waals surface area contributed by atoms with Crippen molar-refractivity contribution in [1.29, 1.82) is 0 Å². The maximum absolute atomic E-state index is 10.7. The molecule has 0 aliphatic carbocycles. The van der Waals surface area contributed by atoms with E-state index < -0.39 is 5.97 Å². The van der Waals surface area contributed by atoms with Crippen LogP contribution in [-0.4, -0.2) is 11.1 Å². The van der Waals surface area contributed by atoms with E-state index in [1.54, 1.807) is 0 Å². The molecule has 100 valence electrons. The van der Waals surface area contributed by atoms with Crippen molar-refractivity contribution in [2.24, 2.45) is 0 Å². The molecule has 19 heavy (non-hydrogen) atoms. The maximum Gasteiger partial charge on any atom is 0.338 e. The van der Waals surface area contributed by atoms with Crippen LogP contribution in [0.3, 0.4) is 0 Å². The second kappa shape index (κ2) is 6.04. The fourth-order valence-corrected chi connectivity index (χ4v) is 2.15. The summed E-state index contributed by atoms with van der Waals surface area (Å²) in [7, 11) is 0. The lowest BCUT2D eigenvalue weighted by atomic mass is 10.1. The first-order valence-corrected chi connectivity index (χ1v) is 6.65. The Morgan fingerprint density at radius 3 is 2.89 bits per heavy atom. The maximum atomic E-state index is 10.7. The predicted molar refractivity (Wildman–Crippen MR) is 75.1 cm³/mol. The topological polar surface area (TPSA) is 62.5 Å². The monoisotopic (exact) mass is 323 g/mol. The minimum absolute atomic E-state index is 0.149. The first-order chi connectivity index (χ1) is 9.06. The van der Waals surface area contributed by atoms with Crippen LogP contribution in [0, 0.1) is 0 Å². The third-order valence-corrected chi connectivity index (χ3v) is 3.33. The Kier molecular flexibility index (Phi) is 4.39. The van der Waals surface area contributed by atoms with E-state index in [0.717, 1.165) is 10.0 Å². The Hall–Kier alpha value is -1.59. The van der Waals surface area contributed by atoms with Gasteiger partial charge >= 0.3 is 5.97 Å². The Labute approximate surface area is 119 Å². The molecule has 0 aliphatic rings. The van der Waals surface area contributed by atoms with E-state index in [1.165, 1.54) is 12.3 Å². The Bertz CT molecular complexity index is 580. The molecule has 2 rings (SSSR count). The van der Waals surface area contributed by atoms with Crippen LogP contribution in [0.2, 0.25) is 0 Å². The van der Waals surface area contributed by atoms with Gasteiger partial charge in [-0.1, -0.05) is 28.1 Å². The average molecular weight is 324 g/mol. The van der Waals surface area contributed by atoms with Gasteiger partial charge in [0.2, 0.25) is 0 Å². The summed E-state index contributed by atoms with van der Waals surface area (Å²) in [5.74, 6) is -0.366. The second-order valence-electron chi connectivity index (χ2n) is 4.26. The quantitative estimate of drug-likeness (QED) is 0.882. The lowest BCUT2D eigenvalue weighted by molar-refractivity contribution is 0.0696. The molecule has 0 spiro atoms. The molecule has 0 bridgehead atoms. The summed E-state index contributed by atoms with van der Waals surface area (Å²) in [6.45, 7) is 2.53. The molecule has 2 aromatic rings. The van der Waals surface area contributed by atoms with E-state index in [-0.39, 0.29) is 11.6 Å². The number of aromatic carboxylic acids is 1. The van der Waals surface area contributed by atoms with Crippen molar-refractivity contribution in [1.82, 2.24) is 5.32 Å². The molecule has 0 radical (unpaired) electrons. The van der Waals surface area contributed by atoms with Gasteiger partial charge in [0, 0.05) is 10.5 Å². The average Bonchev–Trinajstić information content (AvgIpc) is 2.85. The van der Waals surface area contributed by atoms with E-state index in [2.05, 4.69) is 21.2 Å². The highest BCUT2D eigenvalue weighted by Crippen LogP contribution is 2.18. The number of benzene rings is 1. The molecule has 0 unspecified atom stereocenters. The molecule has 2 N–H and O–H groups in total. The lowest BCUT2D eigenvalue weighted by Crippen LogP contribution is -2.17. The van der Waals surface area contributed by atoms with Crippen LogP contribution in [0.15, 0.2) is 45.5 Å². The summed E-state index contributed by atoms with van der Waals surface area (Å²) in [6, 6.07) is 9.71. The van der Waals surface area contributed by atoms with Gasteiger partial charge in [-0.3, -0.25) is 0 Å². The molecule has 5 heteroatoms. The molecule has 4 nitrogen and oxygen atoms in total. The molecule has 1 aromatic carbocycles. The number of halogens is 1. The van der Waals surface area contributed by atoms with Gasteiger partial charge in [0.1, 0.15) is 12.0 Å². The Balaban J connectivity index is 1.96. The van der Waals surface area contributed by atoms with Crippen molar-refractivity contribution in [3.63, 3.8) is 0 Å². The highest BCUT2D eigenvalue weighted by molar-refractivity contribution is 9.10. The number of carboxylic acids is 1. The van der Waals surface area contributed by atoms with Crippen molar-refractivity contribution in [2.75, 3.05) is 0 Å². The predicted octanol–water partition coefficient (Wildman–Crippen LogP) is 3.59. The highest BCUT2D eigenvalue weighted by Gasteiger charge is 2.10. The van der Waals surface area contributed by atoms with E-state index in [1.807, 2.05) is 31.2 Å². The van der Waals surface area contributed by atoms with Gasteiger partial charge < -0.3 is 14.8 Å². The summed E-state index contributed by atoms with van der Waals surface area (Å²) >= 11 is 3.43. The van der Waals surface area contributed by atoms with Crippen LogP contribution in [0.4, 0.5) is 0 Å². The van der Waals surface area contributed by atoms with E-state index in [0.29, 0.717) is 12.3 Å². The molecule has 0 amide bonds. The van der Waals surface area contributed by atoms with Gasteiger partial charge in [-0.2, -0.15) is 0 Å². The number of nitrogens with one attached hydrogen (secondary N) is 1. The van der Waals surface area contributed by atoms with Crippen molar-refractivity contribution >= 4 is 21.9 Å². The SMILES string of the molecule is C[C@@H](NCc1cc(C(=O)O)co1)c1cccc(Br)c1. The molecular weight excluding hydrogens is 310 g/mol. The zero-order valence-electron chi connectivity index (χ0n) is 10.4. The third kappa shape index (κ3) is 3.68. The number of hydrogen-bond acceptors (Lipinski definition) is 3. The van der Waals surface area contributed by atoms with Crippen LogP contribution in [0.25, 0.3) is 0 Å². The Morgan fingerprint density at radius 2 is 2.26 bits per heavy atom. The highest BCUT2D eigenvalue weighted by atomic mass is 79.9. The largest absolute Gasteiger partial charge is 0.478 e. The second-order valence-corrected chi connectivity index (χ2v) is 5.18. The first kappa shape index (κ1) is 13.8. The minimum Gasteiger partial charge on any atom is -0.478 e. The number of rotatable bonds is 5. The summed E-state index contributed by atoms with van der Waals surface area (Å²) in [4.78, 5) is 10.7. The number of carbonyl (C=O) groups is 1. The zero-order chi connectivity index (χ0) is 13.8. The number of hydrogen-bond donors (Lipinski definition) is 2.